The molecule has 0 heterocycles. The van der Waals surface area contributed by atoms with Crippen molar-refractivity contribution in [2.24, 2.45) is 5.41 Å². The highest BCUT2D eigenvalue weighted by atomic mass is 16.5. The normalized spacial score (nSPS) is 13.6. The van der Waals surface area contributed by atoms with Crippen molar-refractivity contribution < 1.29 is 9.53 Å². The van der Waals surface area contributed by atoms with Gasteiger partial charge in [0.2, 0.25) is 5.91 Å². The second-order valence-corrected chi connectivity index (χ2v) is 7.93. The molecule has 1 aromatic rings. The molecule has 0 radical (unpaired) electrons. The second kappa shape index (κ2) is 9.19. The predicted octanol–water partition coefficient (Wildman–Crippen LogP) is 3.51. The van der Waals surface area contributed by atoms with Gasteiger partial charge < -0.3 is 15.4 Å². The fraction of sp³-hybridized carbons (Fsp3) is 0.650. The minimum absolute atomic E-state index is 0.0381. The minimum Gasteiger partial charge on any atom is -0.368 e. The fourth-order valence-electron chi connectivity index (χ4n) is 2.14. The van der Waals surface area contributed by atoms with E-state index in [1.165, 1.54) is 5.56 Å². The van der Waals surface area contributed by atoms with E-state index in [1.807, 2.05) is 39.0 Å². The standard InChI is InChI=1S/C20H34N2O2/c1-7-20(5,6)22-18(23)16(2)24-15-19(3,4)14-21-13-17-11-9-8-10-12-17/h8-12,16,21H,7,13-15H2,1-6H3,(H,22,23). The molecule has 1 atom stereocenters. The number of hydrogen-bond acceptors (Lipinski definition) is 3. The van der Waals surface area contributed by atoms with Crippen LogP contribution in [0, 0.1) is 5.41 Å². The zero-order valence-corrected chi connectivity index (χ0v) is 16.1. The van der Waals surface area contributed by atoms with E-state index in [1.54, 1.807) is 0 Å². The van der Waals surface area contributed by atoms with E-state index < -0.39 is 6.10 Å². The van der Waals surface area contributed by atoms with E-state index in [9.17, 15) is 4.79 Å². The van der Waals surface area contributed by atoms with E-state index in [2.05, 4.69) is 43.5 Å². The quantitative estimate of drug-likeness (QED) is 0.688. The summed E-state index contributed by atoms with van der Waals surface area (Å²) in [5.41, 5.74) is 1.04. The van der Waals surface area contributed by atoms with Gasteiger partial charge in [-0.05, 0) is 32.8 Å². The van der Waals surface area contributed by atoms with Crippen molar-refractivity contribution in [1.29, 1.82) is 0 Å². The maximum atomic E-state index is 12.2. The SMILES string of the molecule is CCC(C)(C)NC(=O)C(C)OCC(C)(C)CNCc1ccccc1. The molecule has 136 valence electrons. The first-order chi connectivity index (χ1) is 11.2. The van der Waals surface area contributed by atoms with Crippen molar-refractivity contribution in [3.05, 3.63) is 35.9 Å². The first kappa shape index (κ1) is 20.7. The topological polar surface area (TPSA) is 50.4 Å². The van der Waals surface area contributed by atoms with E-state index in [-0.39, 0.29) is 16.9 Å². The van der Waals surface area contributed by atoms with E-state index in [0.29, 0.717) is 6.61 Å². The van der Waals surface area contributed by atoms with Gasteiger partial charge in [-0.25, -0.2) is 0 Å². The molecule has 0 aliphatic heterocycles. The van der Waals surface area contributed by atoms with Gasteiger partial charge in [0.25, 0.3) is 0 Å². The van der Waals surface area contributed by atoms with Gasteiger partial charge in [-0.15, -0.1) is 0 Å². The van der Waals surface area contributed by atoms with Crippen LogP contribution in [0.15, 0.2) is 30.3 Å². The van der Waals surface area contributed by atoms with E-state index in [0.717, 1.165) is 19.5 Å². The van der Waals surface area contributed by atoms with Gasteiger partial charge in [-0.3, -0.25) is 4.79 Å². The second-order valence-electron chi connectivity index (χ2n) is 7.93. The van der Waals surface area contributed by atoms with Crippen molar-refractivity contribution in [2.75, 3.05) is 13.2 Å². The number of ether oxygens (including phenoxy) is 1. The van der Waals surface area contributed by atoms with E-state index in [4.69, 9.17) is 4.74 Å². The van der Waals surface area contributed by atoms with Crippen LogP contribution in [0.2, 0.25) is 0 Å². The van der Waals surface area contributed by atoms with Crippen LogP contribution in [0.3, 0.4) is 0 Å². The van der Waals surface area contributed by atoms with Gasteiger partial charge in [0, 0.05) is 24.0 Å². The molecule has 4 nitrogen and oxygen atoms in total. The van der Waals surface area contributed by atoms with Crippen LogP contribution in [0.4, 0.5) is 0 Å². The summed E-state index contributed by atoms with van der Waals surface area (Å²) >= 11 is 0. The molecule has 0 saturated heterocycles. The van der Waals surface area contributed by atoms with Crippen LogP contribution in [0.1, 0.15) is 53.5 Å². The zero-order valence-electron chi connectivity index (χ0n) is 16.1. The summed E-state index contributed by atoms with van der Waals surface area (Å²) in [7, 11) is 0. The lowest BCUT2D eigenvalue weighted by Gasteiger charge is -2.29. The average molecular weight is 335 g/mol. The summed E-state index contributed by atoms with van der Waals surface area (Å²) in [6.45, 7) is 14.4. The summed E-state index contributed by atoms with van der Waals surface area (Å²) in [4.78, 5) is 12.2. The summed E-state index contributed by atoms with van der Waals surface area (Å²) in [6.07, 6.45) is 0.449. The highest BCUT2D eigenvalue weighted by molar-refractivity contribution is 5.81. The fourth-order valence-corrected chi connectivity index (χ4v) is 2.14. The smallest absolute Gasteiger partial charge is 0.249 e. The summed E-state index contributed by atoms with van der Waals surface area (Å²) in [5.74, 6) is -0.0464. The largest absolute Gasteiger partial charge is 0.368 e. The molecule has 2 N–H and O–H groups in total. The number of rotatable bonds is 10. The first-order valence-corrected chi connectivity index (χ1v) is 8.83. The molecular weight excluding hydrogens is 300 g/mol. The Labute approximate surface area is 147 Å². The third-order valence-electron chi connectivity index (χ3n) is 4.21. The Hall–Kier alpha value is -1.39. The van der Waals surface area contributed by atoms with Crippen molar-refractivity contribution >= 4 is 5.91 Å². The number of benzene rings is 1. The number of nitrogens with one attached hydrogen (secondary N) is 2. The first-order valence-electron chi connectivity index (χ1n) is 8.83. The molecule has 0 aromatic heterocycles. The lowest BCUT2D eigenvalue weighted by atomic mass is 9.94. The van der Waals surface area contributed by atoms with Gasteiger partial charge in [-0.2, -0.15) is 0 Å². The average Bonchev–Trinajstić information content (AvgIpc) is 2.53. The van der Waals surface area contributed by atoms with Gasteiger partial charge in [0.1, 0.15) is 6.10 Å². The number of hydrogen-bond donors (Lipinski definition) is 2. The molecule has 1 amide bonds. The lowest BCUT2D eigenvalue weighted by Crippen LogP contribution is -2.48. The van der Waals surface area contributed by atoms with E-state index >= 15 is 0 Å². The van der Waals surface area contributed by atoms with Crippen LogP contribution in [0.5, 0.6) is 0 Å². The Morgan fingerprint density at radius 3 is 2.38 bits per heavy atom. The molecular formula is C20H34N2O2. The Kier molecular flexibility index (Phi) is 7.91. The Balaban J connectivity index is 2.34. The van der Waals surface area contributed by atoms with Crippen LogP contribution in [0.25, 0.3) is 0 Å². The molecule has 0 bridgehead atoms. The molecule has 0 fully saturated rings. The number of amides is 1. The van der Waals surface area contributed by atoms with Crippen LogP contribution in [-0.4, -0.2) is 30.7 Å². The van der Waals surface area contributed by atoms with Gasteiger partial charge in [-0.1, -0.05) is 51.1 Å². The Morgan fingerprint density at radius 1 is 1.17 bits per heavy atom. The zero-order chi connectivity index (χ0) is 18.2. The molecule has 0 saturated carbocycles. The van der Waals surface area contributed by atoms with Crippen molar-refractivity contribution in [3.63, 3.8) is 0 Å². The predicted molar refractivity (Wildman–Crippen MR) is 99.9 cm³/mol. The molecule has 0 aliphatic rings. The molecule has 0 aliphatic carbocycles. The Morgan fingerprint density at radius 2 is 1.79 bits per heavy atom. The molecule has 1 aromatic carbocycles. The number of carbonyl (C=O) groups excluding carboxylic acids is 1. The maximum absolute atomic E-state index is 12.2. The minimum atomic E-state index is -0.441. The molecule has 1 unspecified atom stereocenters. The summed E-state index contributed by atoms with van der Waals surface area (Å²) < 4.78 is 5.81. The van der Waals surface area contributed by atoms with Crippen molar-refractivity contribution in [3.8, 4) is 0 Å². The van der Waals surface area contributed by atoms with Gasteiger partial charge in [0.15, 0.2) is 0 Å². The van der Waals surface area contributed by atoms with Crippen LogP contribution < -0.4 is 10.6 Å². The number of carbonyl (C=O) groups is 1. The monoisotopic (exact) mass is 334 g/mol. The summed E-state index contributed by atoms with van der Waals surface area (Å²) in [5, 5.41) is 6.49. The molecule has 0 spiro atoms. The van der Waals surface area contributed by atoms with Gasteiger partial charge >= 0.3 is 0 Å². The molecule has 4 heteroatoms. The molecule has 1 rings (SSSR count). The highest BCUT2D eigenvalue weighted by Crippen LogP contribution is 2.16. The Bertz CT molecular complexity index is 498. The van der Waals surface area contributed by atoms with Crippen molar-refractivity contribution in [2.45, 2.75) is 66.2 Å². The summed E-state index contributed by atoms with van der Waals surface area (Å²) in [6, 6.07) is 10.3. The van der Waals surface area contributed by atoms with Crippen molar-refractivity contribution in [1.82, 2.24) is 10.6 Å². The van der Waals surface area contributed by atoms with Crippen LogP contribution >= 0.6 is 0 Å². The van der Waals surface area contributed by atoms with Crippen LogP contribution in [-0.2, 0) is 16.1 Å². The third kappa shape index (κ3) is 7.93. The highest BCUT2D eigenvalue weighted by Gasteiger charge is 2.25. The maximum Gasteiger partial charge on any atom is 0.249 e. The third-order valence-corrected chi connectivity index (χ3v) is 4.21. The molecule has 24 heavy (non-hydrogen) atoms. The lowest BCUT2D eigenvalue weighted by molar-refractivity contribution is -0.135. The van der Waals surface area contributed by atoms with Gasteiger partial charge in [0.05, 0.1) is 6.61 Å².